The van der Waals surface area contributed by atoms with Crippen LogP contribution >= 0.6 is 11.8 Å². The van der Waals surface area contributed by atoms with Gasteiger partial charge in [-0.3, -0.25) is 14.4 Å². The van der Waals surface area contributed by atoms with Crippen LogP contribution in [0.1, 0.15) is 46.5 Å². The second kappa shape index (κ2) is 8.10. The van der Waals surface area contributed by atoms with E-state index < -0.39 is 40.9 Å². The van der Waals surface area contributed by atoms with E-state index in [2.05, 4.69) is 13.8 Å². The van der Waals surface area contributed by atoms with Crippen LogP contribution in [-0.2, 0) is 19.1 Å². The number of hydrogen-bond acceptors (Lipinski definition) is 7. The van der Waals surface area contributed by atoms with Crippen LogP contribution in [0, 0.1) is 34.5 Å². The summed E-state index contributed by atoms with van der Waals surface area (Å²) in [4.78, 5) is 37.8. The highest BCUT2D eigenvalue weighted by Gasteiger charge is 2.70. The van der Waals surface area contributed by atoms with Gasteiger partial charge in [-0.2, -0.15) is 11.8 Å². The number of ether oxygens (including phenoxy) is 1. The van der Waals surface area contributed by atoms with E-state index in [1.807, 2.05) is 13.0 Å². The van der Waals surface area contributed by atoms with Gasteiger partial charge in [0, 0.05) is 16.7 Å². The molecule has 2 N–H and O–H groups in total. The van der Waals surface area contributed by atoms with E-state index in [9.17, 15) is 24.6 Å². The van der Waals surface area contributed by atoms with Crippen LogP contribution in [0.5, 0.6) is 0 Å². The van der Waals surface area contributed by atoms with Crippen LogP contribution in [0.15, 0.2) is 23.8 Å². The molecule has 4 aliphatic carbocycles. The zero-order valence-corrected chi connectivity index (χ0v) is 20.1. The predicted molar refractivity (Wildman–Crippen MR) is 122 cm³/mol. The first-order chi connectivity index (χ1) is 15.0. The van der Waals surface area contributed by atoms with Crippen molar-refractivity contribution in [2.24, 2.45) is 34.5 Å². The van der Waals surface area contributed by atoms with E-state index in [-0.39, 0.29) is 35.2 Å². The van der Waals surface area contributed by atoms with E-state index in [1.165, 1.54) is 11.8 Å². The number of hydrogen-bond donors (Lipinski definition) is 2. The molecule has 7 heteroatoms. The number of Topliss-reactive ketones (excluding diaryl/α,β-unsaturated/α-hetero) is 1. The van der Waals surface area contributed by atoms with E-state index in [0.717, 1.165) is 12.0 Å². The van der Waals surface area contributed by atoms with Crippen molar-refractivity contribution in [3.63, 3.8) is 0 Å². The van der Waals surface area contributed by atoms with Crippen LogP contribution in [-0.4, -0.2) is 58.1 Å². The number of allylic oxidation sites excluding steroid dienone is 4. The molecule has 4 aliphatic rings. The number of ketones is 2. The first-order valence-corrected chi connectivity index (χ1v) is 12.9. The zero-order chi connectivity index (χ0) is 23.5. The average Bonchev–Trinajstić information content (AvgIpc) is 3.01. The maximum atomic E-state index is 13.1. The lowest BCUT2D eigenvalue weighted by Crippen LogP contribution is -2.63. The van der Waals surface area contributed by atoms with Gasteiger partial charge < -0.3 is 14.9 Å². The van der Waals surface area contributed by atoms with E-state index in [1.54, 1.807) is 18.4 Å². The van der Waals surface area contributed by atoms with Gasteiger partial charge >= 0.3 is 5.97 Å². The van der Waals surface area contributed by atoms with Gasteiger partial charge in [0.2, 0.25) is 5.78 Å². The molecule has 0 aromatic carbocycles. The second-order valence-electron chi connectivity index (χ2n) is 10.6. The molecule has 176 valence electrons. The number of rotatable bonds is 5. The average molecular weight is 463 g/mol. The lowest BCUT2D eigenvalue weighted by Gasteiger charge is -2.61. The lowest BCUT2D eigenvalue weighted by molar-refractivity contribution is -0.199. The minimum atomic E-state index is -1.41. The largest absolute Gasteiger partial charge is 0.450 e. The maximum absolute atomic E-state index is 13.1. The molecule has 3 saturated carbocycles. The van der Waals surface area contributed by atoms with Crippen LogP contribution in [0.2, 0.25) is 0 Å². The molecule has 0 saturated heterocycles. The van der Waals surface area contributed by atoms with Crippen molar-refractivity contribution in [2.45, 2.75) is 58.2 Å². The van der Waals surface area contributed by atoms with Crippen molar-refractivity contribution in [3.05, 3.63) is 23.8 Å². The third-order valence-electron chi connectivity index (χ3n) is 9.08. The molecule has 2 unspecified atom stereocenters. The number of esters is 1. The summed E-state index contributed by atoms with van der Waals surface area (Å²) in [5.41, 5.74) is -1.51. The van der Waals surface area contributed by atoms with E-state index in [4.69, 9.17) is 4.74 Å². The Balaban J connectivity index is 1.76. The van der Waals surface area contributed by atoms with Gasteiger partial charge in [0.1, 0.15) is 6.61 Å². The molecule has 0 aliphatic heterocycles. The van der Waals surface area contributed by atoms with E-state index in [0.29, 0.717) is 19.3 Å². The fourth-order valence-electron chi connectivity index (χ4n) is 7.89. The van der Waals surface area contributed by atoms with E-state index >= 15 is 0 Å². The second-order valence-corrected chi connectivity index (χ2v) is 11.5. The Morgan fingerprint density at radius 3 is 2.69 bits per heavy atom. The highest BCUT2D eigenvalue weighted by molar-refractivity contribution is 7.99. The smallest absolute Gasteiger partial charge is 0.316 e. The normalized spacial score (nSPS) is 44.9. The Bertz CT molecular complexity index is 895. The van der Waals surface area contributed by atoms with Gasteiger partial charge in [0.05, 0.1) is 11.9 Å². The molecule has 0 amide bonds. The molecule has 4 rings (SSSR count). The Hall–Kier alpha value is -1.44. The number of thioether (sulfide) groups is 1. The molecule has 0 bridgehead atoms. The van der Waals surface area contributed by atoms with Crippen molar-refractivity contribution >= 4 is 29.3 Å². The van der Waals surface area contributed by atoms with Gasteiger partial charge in [-0.25, -0.2) is 0 Å². The third-order valence-corrected chi connectivity index (χ3v) is 9.61. The number of aliphatic hydroxyl groups is 2. The lowest BCUT2D eigenvalue weighted by atomic mass is 9.44. The summed E-state index contributed by atoms with van der Waals surface area (Å²) in [5, 5.41) is 21.3. The SMILES string of the molecule is CSCC(=O)O[C@]1(C(=O)CO)CC[C@H]2[C@@H]3CC(C)C4=CC(=O)C=C[C@]4(C)[C@H]3C(O)C[C@@]21C. The quantitative estimate of drug-likeness (QED) is 0.606. The van der Waals surface area contributed by atoms with Crippen molar-refractivity contribution in [3.8, 4) is 0 Å². The fourth-order valence-corrected chi connectivity index (χ4v) is 8.18. The van der Waals surface area contributed by atoms with Gasteiger partial charge in [0.15, 0.2) is 11.4 Å². The van der Waals surface area contributed by atoms with Crippen molar-refractivity contribution in [2.75, 3.05) is 18.6 Å². The standard InChI is InChI=1S/C25H34O6S/c1-14-9-16-17-6-8-25(20(29)12-26,31-21(30)13-32-4)24(17,3)11-19(28)22(16)23(2)7-5-15(27)10-18(14)23/h5,7,10,14,16-17,19,22,26,28H,6,8-9,11-13H2,1-4H3/t14?,16-,17-,19?,22+,23-,24-,25-/m0/s1. The summed E-state index contributed by atoms with van der Waals surface area (Å²) in [6.07, 6.45) is 8.58. The number of carbonyl (C=O) groups excluding carboxylic acids is 3. The Morgan fingerprint density at radius 1 is 1.31 bits per heavy atom. The first kappa shape index (κ1) is 23.7. The van der Waals surface area contributed by atoms with Crippen molar-refractivity contribution in [1.29, 1.82) is 0 Å². The summed E-state index contributed by atoms with van der Waals surface area (Å²) in [7, 11) is 0. The summed E-state index contributed by atoms with van der Waals surface area (Å²) in [5.74, 6) is -0.514. The van der Waals surface area contributed by atoms with Gasteiger partial charge in [0.25, 0.3) is 0 Å². The van der Waals surface area contributed by atoms with Crippen molar-refractivity contribution < 1.29 is 29.3 Å². The number of carbonyl (C=O) groups is 3. The summed E-state index contributed by atoms with van der Waals surface area (Å²) in [6.45, 7) is 5.51. The Kier molecular flexibility index (Phi) is 6.00. The first-order valence-electron chi connectivity index (χ1n) is 11.5. The Morgan fingerprint density at radius 2 is 2.03 bits per heavy atom. The molecule has 32 heavy (non-hydrogen) atoms. The van der Waals surface area contributed by atoms with Crippen LogP contribution in [0.3, 0.4) is 0 Å². The monoisotopic (exact) mass is 462 g/mol. The van der Waals surface area contributed by atoms with Crippen molar-refractivity contribution in [1.82, 2.24) is 0 Å². The maximum Gasteiger partial charge on any atom is 0.316 e. The Labute approximate surface area is 193 Å². The van der Waals surface area contributed by atoms with Crippen LogP contribution < -0.4 is 0 Å². The molecule has 6 nitrogen and oxygen atoms in total. The number of fused-ring (bicyclic) bond motifs is 5. The molecule has 0 aromatic heterocycles. The highest BCUT2D eigenvalue weighted by atomic mass is 32.2. The zero-order valence-electron chi connectivity index (χ0n) is 19.3. The highest BCUT2D eigenvalue weighted by Crippen LogP contribution is 2.68. The van der Waals surface area contributed by atoms with Crippen LogP contribution in [0.4, 0.5) is 0 Å². The molecular weight excluding hydrogens is 428 g/mol. The summed E-state index contributed by atoms with van der Waals surface area (Å²) in [6, 6.07) is 0. The molecular formula is C25H34O6S. The third kappa shape index (κ3) is 3.18. The molecule has 0 radical (unpaired) electrons. The molecule has 3 fully saturated rings. The van der Waals surface area contributed by atoms with Gasteiger partial charge in [-0.05, 0) is 61.8 Å². The van der Waals surface area contributed by atoms with Gasteiger partial charge in [-0.15, -0.1) is 0 Å². The minimum Gasteiger partial charge on any atom is -0.450 e. The number of aliphatic hydroxyl groups excluding tert-OH is 2. The van der Waals surface area contributed by atoms with Crippen LogP contribution in [0.25, 0.3) is 0 Å². The molecule has 8 atom stereocenters. The predicted octanol–water partition coefficient (Wildman–Crippen LogP) is 2.72. The van der Waals surface area contributed by atoms with Gasteiger partial charge in [-0.1, -0.05) is 32.4 Å². The topological polar surface area (TPSA) is 101 Å². The fraction of sp³-hybridized carbons (Fsp3) is 0.720. The minimum absolute atomic E-state index is 0.00737. The molecule has 0 spiro atoms. The molecule has 0 aromatic rings. The summed E-state index contributed by atoms with van der Waals surface area (Å²) < 4.78 is 5.91. The summed E-state index contributed by atoms with van der Waals surface area (Å²) >= 11 is 1.33. The molecule has 0 heterocycles.